The average molecular weight is 433 g/mol. The number of Topliss-reactive ketones (excluding diaryl/α,β-unsaturated/α-hetero) is 1. The molecule has 0 saturated heterocycles. The second-order valence-electron chi connectivity index (χ2n) is 11.3. The van der Waals surface area contributed by atoms with E-state index in [1.807, 2.05) is 19.9 Å². The van der Waals surface area contributed by atoms with Gasteiger partial charge in [0.05, 0.1) is 6.42 Å². The number of ketones is 2. The molecule has 172 valence electrons. The van der Waals surface area contributed by atoms with Gasteiger partial charge in [0.15, 0.2) is 11.6 Å². The number of hydrogen-bond donors (Lipinski definition) is 3. The van der Waals surface area contributed by atoms with Crippen LogP contribution in [0.25, 0.3) is 0 Å². The first-order valence-electron chi connectivity index (χ1n) is 11.8. The second kappa shape index (κ2) is 7.24. The van der Waals surface area contributed by atoms with Gasteiger partial charge in [0, 0.05) is 11.8 Å². The number of aliphatic hydroxyl groups is 2. The molecule has 4 aliphatic rings. The number of aliphatic carboxylic acids is 1. The van der Waals surface area contributed by atoms with E-state index in [4.69, 9.17) is 5.11 Å². The maximum atomic E-state index is 13.2. The number of rotatable bonds is 4. The van der Waals surface area contributed by atoms with Gasteiger partial charge in [-0.15, -0.1) is 0 Å². The lowest BCUT2D eigenvalue weighted by Crippen LogP contribution is -2.61. The lowest BCUT2D eigenvalue weighted by molar-refractivity contribution is -0.178. The van der Waals surface area contributed by atoms with Crippen LogP contribution in [0, 0.1) is 40.4 Å². The largest absolute Gasteiger partial charge is 0.481 e. The smallest absolute Gasteiger partial charge is 0.306 e. The molecular formula is C25H36O6. The number of hydrogen-bond acceptors (Lipinski definition) is 5. The number of allylic oxidation sites excluding steroid dienone is 1. The van der Waals surface area contributed by atoms with Gasteiger partial charge in [-0.1, -0.05) is 33.3 Å². The third-order valence-electron chi connectivity index (χ3n) is 9.91. The van der Waals surface area contributed by atoms with Crippen LogP contribution >= 0.6 is 0 Å². The topological polar surface area (TPSA) is 112 Å². The Bertz CT molecular complexity index is 847. The lowest BCUT2D eigenvalue weighted by Gasteiger charge is -2.60. The quantitative estimate of drug-likeness (QED) is 0.629. The summed E-state index contributed by atoms with van der Waals surface area (Å²) in [4.78, 5) is 36.4. The maximum Gasteiger partial charge on any atom is 0.306 e. The van der Waals surface area contributed by atoms with E-state index in [1.165, 1.54) is 5.57 Å². The monoisotopic (exact) mass is 432 g/mol. The fourth-order valence-electron chi connectivity index (χ4n) is 8.36. The van der Waals surface area contributed by atoms with E-state index in [0.717, 1.165) is 19.3 Å². The maximum absolute atomic E-state index is 13.2. The molecule has 9 atom stereocenters. The van der Waals surface area contributed by atoms with Crippen LogP contribution in [0.3, 0.4) is 0 Å². The Balaban J connectivity index is 1.70. The molecule has 0 radical (unpaired) electrons. The summed E-state index contributed by atoms with van der Waals surface area (Å²) in [5, 5.41) is 31.1. The molecule has 0 amide bonds. The minimum atomic E-state index is -1.72. The molecule has 0 heterocycles. The first-order valence-corrected chi connectivity index (χ1v) is 11.8. The molecular weight excluding hydrogens is 396 g/mol. The van der Waals surface area contributed by atoms with E-state index in [9.17, 15) is 24.6 Å². The number of carbonyl (C=O) groups is 3. The van der Waals surface area contributed by atoms with Crippen LogP contribution in [0.5, 0.6) is 0 Å². The highest BCUT2D eigenvalue weighted by Gasteiger charge is 2.69. The third kappa shape index (κ3) is 3.01. The molecule has 0 aromatic heterocycles. The summed E-state index contributed by atoms with van der Waals surface area (Å²) in [6, 6.07) is 0. The minimum absolute atomic E-state index is 0.0195. The highest BCUT2D eigenvalue weighted by Crippen LogP contribution is 2.69. The highest BCUT2D eigenvalue weighted by atomic mass is 16.4. The van der Waals surface area contributed by atoms with E-state index in [0.29, 0.717) is 31.1 Å². The Kier molecular flexibility index (Phi) is 5.29. The normalized spacial score (nSPS) is 47.6. The zero-order valence-corrected chi connectivity index (χ0v) is 19.1. The van der Waals surface area contributed by atoms with Crippen molar-refractivity contribution in [1.82, 2.24) is 0 Å². The van der Waals surface area contributed by atoms with Gasteiger partial charge >= 0.3 is 5.97 Å². The number of carboxylic acid groups (broad SMARTS) is 1. The van der Waals surface area contributed by atoms with Crippen molar-refractivity contribution in [2.24, 2.45) is 40.4 Å². The van der Waals surface area contributed by atoms with E-state index in [1.54, 1.807) is 0 Å². The number of fused-ring (bicyclic) bond motifs is 5. The van der Waals surface area contributed by atoms with Crippen molar-refractivity contribution in [2.45, 2.75) is 84.3 Å². The van der Waals surface area contributed by atoms with Gasteiger partial charge in [0.1, 0.15) is 11.7 Å². The van der Waals surface area contributed by atoms with Gasteiger partial charge in [0.25, 0.3) is 0 Å². The zero-order chi connectivity index (χ0) is 22.9. The van der Waals surface area contributed by atoms with Crippen molar-refractivity contribution in [2.75, 3.05) is 0 Å². The van der Waals surface area contributed by atoms with Crippen LogP contribution in [-0.2, 0) is 14.4 Å². The summed E-state index contributed by atoms with van der Waals surface area (Å²) >= 11 is 0. The van der Waals surface area contributed by atoms with Crippen LogP contribution in [0.1, 0.15) is 72.6 Å². The Hall–Kier alpha value is -1.53. The summed E-state index contributed by atoms with van der Waals surface area (Å²) in [7, 11) is 0. The summed E-state index contributed by atoms with van der Waals surface area (Å²) in [5.74, 6) is -0.934. The van der Waals surface area contributed by atoms with Crippen molar-refractivity contribution < 1.29 is 29.7 Å². The summed E-state index contributed by atoms with van der Waals surface area (Å²) in [5.41, 5.74) is -1.15. The standard InChI is InChI=1S/C25H36O6/c1-13-9-16-17(23(3)7-5-15(26)11-18(13)23)6-8-24(4)19(16)10-14(2)25(24,31)22(30)20(27)12-21(28)29/h11,13-14,16-17,19-20,27,31H,5-10,12H2,1-4H3,(H,28,29)/t13-,14+,16+,17-,19-,20?,23+,24-,25-/m0/s1. The summed E-state index contributed by atoms with van der Waals surface area (Å²) in [6.45, 7) is 8.33. The van der Waals surface area contributed by atoms with Gasteiger partial charge in [0.2, 0.25) is 0 Å². The van der Waals surface area contributed by atoms with E-state index in [2.05, 4.69) is 13.8 Å². The van der Waals surface area contributed by atoms with Crippen LogP contribution < -0.4 is 0 Å². The zero-order valence-electron chi connectivity index (χ0n) is 19.1. The van der Waals surface area contributed by atoms with E-state index >= 15 is 0 Å². The Morgan fingerprint density at radius 3 is 2.48 bits per heavy atom. The molecule has 1 unspecified atom stereocenters. The molecule has 0 aromatic carbocycles. The van der Waals surface area contributed by atoms with Crippen molar-refractivity contribution in [3.05, 3.63) is 11.6 Å². The highest BCUT2D eigenvalue weighted by molar-refractivity contribution is 5.95. The Morgan fingerprint density at radius 2 is 1.84 bits per heavy atom. The van der Waals surface area contributed by atoms with Crippen LogP contribution in [-0.4, -0.2) is 44.6 Å². The predicted octanol–water partition coefficient (Wildman–Crippen LogP) is 3.15. The fourth-order valence-corrected chi connectivity index (χ4v) is 8.36. The Morgan fingerprint density at radius 1 is 1.16 bits per heavy atom. The molecule has 0 bridgehead atoms. The van der Waals surface area contributed by atoms with E-state index in [-0.39, 0.29) is 29.0 Å². The van der Waals surface area contributed by atoms with Crippen LogP contribution in [0.4, 0.5) is 0 Å². The molecule has 0 aromatic rings. The molecule has 4 rings (SSSR count). The number of aliphatic hydroxyl groups excluding tert-OH is 1. The molecule has 0 aliphatic heterocycles. The summed E-state index contributed by atoms with van der Waals surface area (Å²) in [6.07, 6.45) is 4.12. The first kappa shape index (κ1) is 22.7. The SMILES string of the molecule is C[C@@H]1C[C@H]2[C@@H]3C[C@H](C)C4=CC(=O)CC[C@]4(C)[C@H]3CC[C@]2(C)[C@@]1(O)C(=O)C(O)CC(=O)O. The second-order valence-corrected chi connectivity index (χ2v) is 11.3. The Labute approximate surface area is 184 Å². The molecule has 31 heavy (non-hydrogen) atoms. The molecule has 3 N–H and O–H groups in total. The minimum Gasteiger partial charge on any atom is -0.481 e. The van der Waals surface area contributed by atoms with Gasteiger partial charge in [-0.05, 0) is 73.2 Å². The molecule has 6 nitrogen and oxygen atoms in total. The molecule has 0 spiro atoms. The number of carboxylic acids is 1. The summed E-state index contributed by atoms with van der Waals surface area (Å²) < 4.78 is 0. The molecule has 3 saturated carbocycles. The van der Waals surface area contributed by atoms with Gasteiger partial charge in [-0.3, -0.25) is 14.4 Å². The van der Waals surface area contributed by atoms with E-state index < -0.39 is 35.3 Å². The van der Waals surface area contributed by atoms with Crippen LogP contribution in [0.15, 0.2) is 11.6 Å². The average Bonchev–Trinajstić information content (AvgIpc) is 2.90. The molecule has 6 heteroatoms. The number of carbonyl (C=O) groups excluding carboxylic acids is 2. The fraction of sp³-hybridized carbons (Fsp3) is 0.800. The van der Waals surface area contributed by atoms with Crippen LogP contribution in [0.2, 0.25) is 0 Å². The van der Waals surface area contributed by atoms with Gasteiger partial charge in [-0.2, -0.15) is 0 Å². The molecule has 4 aliphatic carbocycles. The van der Waals surface area contributed by atoms with Gasteiger partial charge in [-0.25, -0.2) is 0 Å². The van der Waals surface area contributed by atoms with Crippen molar-refractivity contribution in [1.29, 1.82) is 0 Å². The lowest BCUT2D eigenvalue weighted by atomic mass is 9.44. The van der Waals surface area contributed by atoms with Crippen molar-refractivity contribution in [3.8, 4) is 0 Å². The molecule has 3 fully saturated rings. The van der Waals surface area contributed by atoms with Crippen molar-refractivity contribution in [3.63, 3.8) is 0 Å². The predicted molar refractivity (Wildman–Crippen MR) is 114 cm³/mol. The third-order valence-corrected chi connectivity index (χ3v) is 9.91. The van der Waals surface area contributed by atoms with Crippen molar-refractivity contribution >= 4 is 17.5 Å². The van der Waals surface area contributed by atoms with Gasteiger partial charge < -0.3 is 15.3 Å². The first-order chi connectivity index (χ1) is 14.4.